The zero-order valence-electron chi connectivity index (χ0n) is 19.3. The van der Waals surface area contributed by atoms with Crippen molar-refractivity contribution in [2.75, 3.05) is 5.75 Å². The van der Waals surface area contributed by atoms with Crippen molar-refractivity contribution in [1.29, 1.82) is 0 Å². The fraction of sp³-hybridized carbons (Fsp3) is 0.321. The standard InChI is InChI=1S/C28H30N4OS/c33-27(29-19-21-10-3-1-4-11-21)20-34-28-31-30-26(32(28)24-15-5-2-6-16-24)18-23-14-9-13-22-12-7-8-17-25(22)23/h1,3-4,7-14,17,24H,2,5-6,15-16,18-20H2,(H,29,33). The lowest BCUT2D eigenvalue weighted by molar-refractivity contribution is -0.118. The van der Waals surface area contributed by atoms with Gasteiger partial charge in [-0.25, -0.2) is 0 Å². The summed E-state index contributed by atoms with van der Waals surface area (Å²) in [4.78, 5) is 12.5. The Morgan fingerprint density at radius 2 is 1.68 bits per heavy atom. The highest BCUT2D eigenvalue weighted by Crippen LogP contribution is 2.33. The lowest BCUT2D eigenvalue weighted by atomic mass is 9.95. The number of nitrogens with zero attached hydrogens (tertiary/aromatic N) is 3. The number of carbonyl (C=O) groups excluding carboxylic acids is 1. The molecule has 0 unspecified atom stereocenters. The largest absolute Gasteiger partial charge is 0.351 e. The van der Waals surface area contributed by atoms with Gasteiger partial charge in [0.2, 0.25) is 5.91 Å². The zero-order chi connectivity index (χ0) is 23.2. The van der Waals surface area contributed by atoms with Crippen LogP contribution < -0.4 is 5.32 Å². The molecule has 5 rings (SSSR count). The highest BCUT2D eigenvalue weighted by Gasteiger charge is 2.24. The fourth-order valence-electron chi connectivity index (χ4n) is 4.83. The summed E-state index contributed by atoms with van der Waals surface area (Å²) in [6, 6.07) is 25.4. The molecule has 4 aromatic rings. The van der Waals surface area contributed by atoms with Gasteiger partial charge in [-0.05, 0) is 34.7 Å². The van der Waals surface area contributed by atoms with Gasteiger partial charge in [-0.3, -0.25) is 4.79 Å². The maximum atomic E-state index is 12.5. The van der Waals surface area contributed by atoms with E-state index in [2.05, 4.69) is 62.5 Å². The Morgan fingerprint density at radius 1 is 0.912 bits per heavy atom. The molecule has 0 bridgehead atoms. The first kappa shape index (κ1) is 22.7. The Hall–Kier alpha value is -3.12. The number of thioether (sulfide) groups is 1. The third-order valence-electron chi connectivity index (χ3n) is 6.57. The van der Waals surface area contributed by atoms with Gasteiger partial charge in [-0.1, -0.05) is 104 Å². The summed E-state index contributed by atoms with van der Waals surface area (Å²) >= 11 is 1.50. The number of rotatable bonds is 8. The van der Waals surface area contributed by atoms with Gasteiger partial charge in [-0.15, -0.1) is 10.2 Å². The van der Waals surface area contributed by atoms with Crippen LogP contribution in [0.5, 0.6) is 0 Å². The minimum absolute atomic E-state index is 0.0163. The van der Waals surface area contributed by atoms with Gasteiger partial charge in [0.25, 0.3) is 0 Å². The maximum Gasteiger partial charge on any atom is 0.230 e. The molecule has 0 saturated heterocycles. The van der Waals surface area contributed by atoms with E-state index in [-0.39, 0.29) is 5.91 Å². The Balaban J connectivity index is 1.33. The number of hydrogen-bond acceptors (Lipinski definition) is 4. The molecule has 1 fully saturated rings. The van der Waals surface area contributed by atoms with E-state index in [9.17, 15) is 4.79 Å². The van der Waals surface area contributed by atoms with Crippen molar-refractivity contribution in [3.05, 3.63) is 89.7 Å². The van der Waals surface area contributed by atoms with Crippen molar-refractivity contribution in [1.82, 2.24) is 20.1 Å². The third-order valence-corrected chi connectivity index (χ3v) is 7.51. The molecule has 34 heavy (non-hydrogen) atoms. The first-order valence-corrected chi connectivity index (χ1v) is 13.1. The number of fused-ring (bicyclic) bond motifs is 1. The van der Waals surface area contributed by atoms with Gasteiger partial charge in [0.1, 0.15) is 5.82 Å². The van der Waals surface area contributed by atoms with E-state index in [1.54, 1.807) is 0 Å². The fourth-order valence-corrected chi connectivity index (χ4v) is 5.68. The summed E-state index contributed by atoms with van der Waals surface area (Å²) in [7, 11) is 0. The lowest BCUT2D eigenvalue weighted by Crippen LogP contribution is -2.25. The molecule has 0 atom stereocenters. The van der Waals surface area contributed by atoms with Crippen molar-refractivity contribution in [2.45, 2.75) is 56.3 Å². The zero-order valence-corrected chi connectivity index (χ0v) is 20.1. The second-order valence-corrected chi connectivity index (χ2v) is 9.87. The van der Waals surface area contributed by atoms with E-state index < -0.39 is 0 Å². The molecule has 1 heterocycles. The van der Waals surface area contributed by atoms with Crippen LogP contribution in [0, 0.1) is 0 Å². The third kappa shape index (κ3) is 5.33. The van der Waals surface area contributed by atoms with E-state index in [0.29, 0.717) is 18.3 Å². The lowest BCUT2D eigenvalue weighted by Gasteiger charge is -2.25. The van der Waals surface area contributed by atoms with E-state index in [4.69, 9.17) is 0 Å². The van der Waals surface area contributed by atoms with Crippen LogP contribution in [0.2, 0.25) is 0 Å². The summed E-state index contributed by atoms with van der Waals surface area (Å²) in [5, 5.41) is 15.6. The average molecular weight is 471 g/mol. The van der Waals surface area contributed by atoms with Gasteiger partial charge < -0.3 is 9.88 Å². The van der Waals surface area contributed by atoms with Crippen molar-refractivity contribution < 1.29 is 4.79 Å². The van der Waals surface area contributed by atoms with Gasteiger partial charge in [0.15, 0.2) is 5.16 Å². The monoisotopic (exact) mass is 470 g/mol. The number of benzene rings is 3. The Bertz CT molecular complexity index is 1240. The van der Waals surface area contributed by atoms with E-state index in [1.807, 2.05) is 30.3 Å². The minimum atomic E-state index is 0.0163. The summed E-state index contributed by atoms with van der Waals surface area (Å²) in [5.74, 6) is 1.35. The number of hydrogen-bond donors (Lipinski definition) is 1. The van der Waals surface area contributed by atoms with E-state index >= 15 is 0 Å². The molecule has 1 amide bonds. The van der Waals surface area contributed by atoms with Gasteiger partial charge in [0.05, 0.1) is 5.75 Å². The Labute approximate surface area is 205 Å². The molecule has 3 aromatic carbocycles. The second-order valence-electron chi connectivity index (χ2n) is 8.93. The quantitative estimate of drug-likeness (QED) is 0.324. The van der Waals surface area contributed by atoms with Crippen LogP contribution in [0.3, 0.4) is 0 Å². The summed E-state index contributed by atoms with van der Waals surface area (Å²) < 4.78 is 2.33. The first-order chi connectivity index (χ1) is 16.8. The molecular formula is C28H30N4OS. The Morgan fingerprint density at radius 3 is 2.53 bits per heavy atom. The molecule has 0 aliphatic heterocycles. The number of aromatic nitrogens is 3. The SMILES string of the molecule is O=C(CSc1nnc(Cc2cccc3ccccc23)n1C1CCCCC1)NCc1ccccc1. The predicted octanol–water partition coefficient (Wildman–Crippen LogP) is 5.94. The topological polar surface area (TPSA) is 59.8 Å². The highest BCUT2D eigenvalue weighted by atomic mass is 32.2. The van der Waals surface area contributed by atoms with Crippen molar-refractivity contribution in [2.24, 2.45) is 0 Å². The Kier molecular flexibility index (Phi) is 7.25. The van der Waals surface area contributed by atoms with E-state index in [1.165, 1.54) is 47.4 Å². The summed E-state index contributed by atoms with van der Waals surface area (Å²) in [6.07, 6.45) is 6.80. The molecule has 1 aromatic heterocycles. The summed E-state index contributed by atoms with van der Waals surface area (Å²) in [5.41, 5.74) is 2.36. The minimum Gasteiger partial charge on any atom is -0.351 e. The molecule has 0 radical (unpaired) electrons. The molecule has 174 valence electrons. The van der Waals surface area contributed by atoms with Gasteiger partial charge in [0, 0.05) is 19.0 Å². The van der Waals surface area contributed by atoms with Gasteiger partial charge >= 0.3 is 0 Å². The molecule has 1 N–H and O–H groups in total. The smallest absolute Gasteiger partial charge is 0.230 e. The molecule has 0 spiro atoms. The number of carbonyl (C=O) groups is 1. The highest BCUT2D eigenvalue weighted by molar-refractivity contribution is 7.99. The van der Waals surface area contributed by atoms with Gasteiger partial charge in [-0.2, -0.15) is 0 Å². The van der Waals surface area contributed by atoms with Crippen LogP contribution in [-0.4, -0.2) is 26.4 Å². The van der Waals surface area contributed by atoms with Crippen molar-refractivity contribution in [3.63, 3.8) is 0 Å². The molecule has 1 aliphatic rings. The van der Waals surface area contributed by atoms with Crippen LogP contribution in [0.25, 0.3) is 10.8 Å². The van der Waals surface area contributed by atoms with Crippen LogP contribution in [-0.2, 0) is 17.8 Å². The van der Waals surface area contributed by atoms with Crippen molar-refractivity contribution >= 4 is 28.4 Å². The van der Waals surface area contributed by atoms with Crippen LogP contribution in [0.4, 0.5) is 0 Å². The molecule has 1 aliphatic carbocycles. The second kappa shape index (κ2) is 10.9. The van der Waals surface area contributed by atoms with E-state index in [0.717, 1.165) is 35.8 Å². The molecule has 5 nitrogen and oxygen atoms in total. The predicted molar refractivity (Wildman–Crippen MR) is 138 cm³/mol. The maximum absolute atomic E-state index is 12.5. The average Bonchev–Trinajstić information content (AvgIpc) is 3.30. The first-order valence-electron chi connectivity index (χ1n) is 12.1. The molecule has 1 saturated carbocycles. The number of amides is 1. The number of nitrogens with one attached hydrogen (secondary N) is 1. The van der Waals surface area contributed by atoms with Crippen LogP contribution >= 0.6 is 11.8 Å². The molecular weight excluding hydrogens is 440 g/mol. The van der Waals surface area contributed by atoms with Crippen LogP contribution in [0.1, 0.15) is 55.1 Å². The summed E-state index contributed by atoms with van der Waals surface area (Å²) in [6.45, 7) is 0.544. The normalized spacial score (nSPS) is 14.4. The van der Waals surface area contributed by atoms with Crippen molar-refractivity contribution in [3.8, 4) is 0 Å². The molecule has 6 heteroatoms. The van der Waals surface area contributed by atoms with Crippen LogP contribution in [0.15, 0.2) is 78.0 Å².